The summed E-state index contributed by atoms with van der Waals surface area (Å²) in [6.07, 6.45) is 2.93. The number of methoxy groups -OCH3 is 2. The van der Waals surface area contributed by atoms with Crippen molar-refractivity contribution >= 4 is 39.3 Å². The molecule has 1 unspecified atom stereocenters. The number of rotatable bonds is 8. The van der Waals surface area contributed by atoms with E-state index in [-0.39, 0.29) is 46.8 Å². The lowest BCUT2D eigenvalue weighted by atomic mass is 10.1. The molecule has 12 heteroatoms. The van der Waals surface area contributed by atoms with Crippen molar-refractivity contribution in [2.45, 2.75) is 31.8 Å². The highest BCUT2D eigenvalue weighted by molar-refractivity contribution is 6.00. The van der Waals surface area contributed by atoms with Crippen LogP contribution in [0.1, 0.15) is 46.5 Å². The van der Waals surface area contributed by atoms with Crippen LogP contribution in [0.15, 0.2) is 50.5 Å². The second-order valence-electron chi connectivity index (χ2n) is 11.0. The van der Waals surface area contributed by atoms with Crippen molar-refractivity contribution in [2.75, 3.05) is 45.3 Å². The first-order valence-corrected chi connectivity index (χ1v) is 13.9. The van der Waals surface area contributed by atoms with E-state index in [1.54, 1.807) is 22.8 Å². The van der Waals surface area contributed by atoms with Crippen LogP contribution in [-0.4, -0.2) is 72.8 Å². The van der Waals surface area contributed by atoms with Gasteiger partial charge in [0.15, 0.2) is 17.3 Å². The maximum absolute atomic E-state index is 15.8. The van der Waals surface area contributed by atoms with Gasteiger partial charge in [0, 0.05) is 49.4 Å². The Labute approximate surface area is 244 Å². The molecule has 1 N–H and O–H groups in total. The summed E-state index contributed by atoms with van der Waals surface area (Å²) in [5, 5.41) is 10.1. The molecule has 4 aromatic rings. The van der Waals surface area contributed by atoms with E-state index in [0.29, 0.717) is 41.9 Å². The van der Waals surface area contributed by atoms with E-state index in [1.165, 1.54) is 26.5 Å². The quantitative estimate of drug-likeness (QED) is 0.239. The van der Waals surface area contributed by atoms with Crippen molar-refractivity contribution in [1.29, 1.82) is 0 Å². The van der Waals surface area contributed by atoms with Gasteiger partial charge in [0.2, 0.25) is 5.43 Å². The van der Waals surface area contributed by atoms with Gasteiger partial charge >= 0.3 is 11.6 Å². The van der Waals surface area contributed by atoms with Crippen LogP contribution in [0.3, 0.4) is 0 Å². The number of pyridine rings is 1. The standard InChI is InChI=1S/C31H30FN3O8/c1-16-13-34(9-8-33(16)15-24(36)20-10-17-4-7-19(41-2)11-25(17)43-31(20)40)27-23(32)12-21-26(29(27)42-3)35(18-5-6-18)14-22(28(21)37)30(38)39/h4,7,10-12,14,16,18H,5-6,8-9,13,15H2,1-3H3,(H,38,39). The number of aromatic nitrogens is 1. The largest absolute Gasteiger partial charge is 0.497 e. The minimum absolute atomic E-state index is 0.00929. The van der Waals surface area contributed by atoms with E-state index >= 15 is 4.39 Å². The average molecular weight is 592 g/mol. The van der Waals surface area contributed by atoms with Crippen LogP contribution in [0.5, 0.6) is 11.5 Å². The zero-order chi connectivity index (χ0) is 30.6. The molecule has 1 aliphatic carbocycles. The minimum Gasteiger partial charge on any atom is -0.497 e. The van der Waals surface area contributed by atoms with Crippen LogP contribution in [0.2, 0.25) is 0 Å². The number of ketones is 1. The van der Waals surface area contributed by atoms with Gasteiger partial charge in [-0.05, 0) is 44.0 Å². The minimum atomic E-state index is -1.37. The zero-order valence-electron chi connectivity index (χ0n) is 23.9. The molecule has 2 aromatic heterocycles. The van der Waals surface area contributed by atoms with E-state index in [9.17, 15) is 24.3 Å². The number of nitrogens with zero attached hydrogens (tertiary/aromatic N) is 3. The van der Waals surface area contributed by atoms with Crippen molar-refractivity contribution < 1.29 is 33.0 Å². The van der Waals surface area contributed by atoms with E-state index in [0.717, 1.165) is 18.9 Å². The van der Waals surface area contributed by atoms with Gasteiger partial charge < -0.3 is 28.5 Å². The molecule has 224 valence electrons. The number of hydrogen-bond donors (Lipinski definition) is 1. The lowest BCUT2D eigenvalue weighted by Crippen LogP contribution is -2.53. The molecule has 1 atom stereocenters. The van der Waals surface area contributed by atoms with Gasteiger partial charge in [-0.15, -0.1) is 0 Å². The molecule has 0 spiro atoms. The topological polar surface area (TPSA) is 132 Å². The van der Waals surface area contributed by atoms with Crippen LogP contribution < -0.4 is 25.4 Å². The number of piperazine rings is 1. The first-order chi connectivity index (χ1) is 20.6. The fourth-order valence-corrected chi connectivity index (χ4v) is 5.84. The van der Waals surface area contributed by atoms with Gasteiger partial charge in [0.25, 0.3) is 0 Å². The van der Waals surface area contributed by atoms with Gasteiger partial charge in [-0.2, -0.15) is 0 Å². The van der Waals surface area contributed by atoms with Gasteiger partial charge in [-0.3, -0.25) is 14.5 Å². The van der Waals surface area contributed by atoms with Gasteiger partial charge in [0.05, 0.1) is 31.7 Å². The van der Waals surface area contributed by atoms with Crippen molar-refractivity contribution in [2.24, 2.45) is 0 Å². The molecule has 43 heavy (non-hydrogen) atoms. The van der Waals surface area contributed by atoms with Crippen LogP contribution in [0, 0.1) is 5.82 Å². The smallest absolute Gasteiger partial charge is 0.347 e. The number of benzene rings is 2. The number of fused-ring (bicyclic) bond motifs is 2. The summed E-state index contributed by atoms with van der Waals surface area (Å²) in [7, 11) is 2.90. The summed E-state index contributed by atoms with van der Waals surface area (Å²) in [4.78, 5) is 54.3. The molecule has 0 radical (unpaired) electrons. The molecule has 1 aliphatic heterocycles. The molecular formula is C31H30FN3O8. The number of aromatic carboxylic acids is 1. The Morgan fingerprint density at radius 3 is 2.49 bits per heavy atom. The van der Waals surface area contributed by atoms with Gasteiger partial charge in [-0.25, -0.2) is 14.0 Å². The Balaban J connectivity index is 1.28. The highest BCUT2D eigenvalue weighted by Crippen LogP contribution is 2.44. The Kier molecular flexibility index (Phi) is 7.17. The monoisotopic (exact) mass is 591 g/mol. The molecule has 6 rings (SSSR count). The fourth-order valence-electron chi connectivity index (χ4n) is 5.84. The van der Waals surface area contributed by atoms with Crippen molar-refractivity contribution in [1.82, 2.24) is 9.47 Å². The Hall–Kier alpha value is -4.71. The Bertz CT molecular complexity index is 1910. The third-order valence-electron chi connectivity index (χ3n) is 8.24. The number of hydrogen-bond acceptors (Lipinski definition) is 9. The maximum atomic E-state index is 15.8. The van der Waals surface area contributed by atoms with Crippen LogP contribution in [-0.2, 0) is 0 Å². The van der Waals surface area contributed by atoms with Crippen LogP contribution in [0.4, 0.5) is 10.1 Å². The summed E-state index contributed by atoms with van der Waals surface area (Å²) in [6, 6.07) is 7.41. The zero-order valence-corrected chi connectivity index (χ0v) is 23.9. The molecule has 3 heterocycles. The average Bonchev–Trinajstić information content (AvgIpc) is 3.82. The molecule has 0 bridgehead atoms. The predicted molar refractivity (Wildman–Crippen MR) is 157 cm³/mol. The lowest BCUT2D eigenvalue weighted by molar-refractivity contribution is 0.0694. The van der Waals surface area contributed by atoms with Gasteiger partial charge in [0.1, 0.15) is 28.1 Å². The Morgan fingerprint density at radius 2 is 1.84 bits per heavy atom. The summed E-state index contributed by atoms with van der Waals surface area (Å²) >= 11 is 0. The molecule has 1 saturated heterocycles. The van der Waals surface area contributed by atoms with E-state index in [1.807, 2.05) is 16.7 Å². The lowest BCUT2D eigenvalue weighted by Gasteiger charge is -2.41. The van der Waals surface area contributed by atoms with Crippen LogP contribution >= 0.6 is 0 Å². The van der Waals surface area contributed by atoms with Gasteiger partial charge in [-0.1, -0.05) is 0 Å². The first kappa shape index (κ1) is 28.4. The molecular weight excluding hydrogens is 561 g/mol. The number of ether oxygens (including phenoxy) is 2. The highest BCUT2D eigenvalue weighted by Gasteiger charge is 2.34. The number of carbonyl (C=O) groups is 2. The summed E-state index contributed by atoms with van der Waals surface area (Å²) < 4.78 is 33.7. The Morgan fingerprint density at radius 1 is 1.07 bits per heavy atom. The van der Waals surface area contributed by atoms with Crippen molar-refractivity contribution in [3.63, 3.8) is 0 Å². The second-order valence-corrected chi connectivity index (χ2v) is 11.0. The maximum Gasteiger partial charge on any atom is 0.347 e. The number of carboxylic acids is 1. The predicted octanol–water partition coefficient (Wildman–Crippen LogP) is 3.69. The number of anilines is 1. The van der Waals surface area contributed by atoms with E-state index < -0.39 is 28.4 Å². The van der Waals surface area contributed by atoms with Crippen LogP contribution in [0.25, 0.3) is 21.9 Å². The number of carbonyl (C=O) groups excluding carboxylic acids is 1. The number of carboxylic acid groups (broad SMARTS) is 1. The summed E-state index contributed by atoms with van der Waals surface area (Å²) in [6.45, 7) is 2.93. The molecule has 2 fully saturated rings. The van der Waals surface area contributed by atoms with E-state index in [4.69, 9.17) is 13.9 Å². The van der Waals surface area contributed by atoms with E-state index in [2.05, 4.69) is 0 Å². The summed E-state index contributed by atoms with van der Waals surface area (Å²) in [5.74, 6) is -1.76. The molecule has 2 aromatic carbocycles. The fraction of sp³-hybridized carbons (Fsp3) is 0.355. The normalized spacial score (nSPS) is 17.4. The molecule has 1 saturated carbocycles. The summed E-state index contributed by atoms with van der Waals surface area (Å²) in [5.41, 5.74) is -1.10. The molecule has 0 amide bonds. The first-order valence-electron chi connectivity index (χ1n) is 13.9. The highest BCUT2D eigenvalue weighted by atomic mass is 19.1. The third-order valence-corrected chi connectivity index (χ3v) is 8.24. The number of Topliss-reactive ketones (excluding diaryl/α,β-unsaturated/α-hetero) is 1. The molecule has 2 aliphatic rings. The molecule has 11 nitrogen and oxygen atoms in total. The second kappa shape index (κ2) is 10.8. The number of halogens is 1. The van der Waals surface area contributed by atoms with Crippen molar-refractivity contribution in [3.05, 3.63) is 74.1 Å². The SMILES string of the molecule is COc1ccc2cc(C(=O)CN3CCN(c4c(F)cc5c(=O)c(C(=O)O)cn(C6CC6)c5c4OC)CC3C)c(=O)oc2c1. The third kappa shape index (κ3) is 5.01. The van der Waals surface area contributed by atoms with Crippen molar-refractivity contribution in [3.8, 4) is 11.5 Å².